The molecule has 0 amide bonds. The average Bonchev–Trinajstić information content (AvgIpc) is 2.04. The van der Waals surface area contributed by atoms with Crippen LogP contribution in [-0.4, -0.2) is 37.1 Å². The van der Waals surface area contributed by atoms with Crippen LogP contribution in [0.25, 0.3) is 0 Å². The van der Waals surface area contributed by atoms with Crippen LogP contribution in [-0.2, 0) is 0 Å². The Morgan fingerprint density at radius 2 is 2.18 bits per heavy atom. The molecule has 1 heterocycles. The maximum Gasteiger partial charge on any atom is 0.0218 e. The van der Waals surface area contributed by atoms with Gasteiger partial charge in [-0.15, -0.1) is 12.4 Å². The molecule has 1 atom stereocenters. The molecule has 0 radical (unpaired) electrons. The van der Waals surface area contributed by atoms with Crippen LogP contribution >= 0.6 is 12.4 Å². The van der Waals surface area contributed by atoms with E-state index in [0.717, 1.165) is 6.04 Å². The molecule has 0 aromatic carbocycles. The number of hydrogen-bond donors (Lipinski definition) is 1. The van der Waals surface area contributed by atoms with Gasteiger partial charge in [0.2, 0.25) is 0 Å². The number of piperazine rings is 1. The van der Waals surface area contributed by atoms with Gasteiger partial charge in [0.15, 0.2) is 0 Å². The molecule has 2 nitrogen and oxygen atoms in total. The van der Waals surface area contributed by atoms with E-state index in [1.54, 1.807) is 0 Å². The van der Waals surface area contributed by atoms with Crippen LogP contribution in [0.4, 0.5) is 0 Å². The van der Waals surface area contributed by atoms with Crippen molar-refractivity contribution in [3.8, 4) is 0 Å². The number of rotatable bonds is 2. The minimum absolute atomic E-state index is 0. The van der Waals surface area contributed by atoms with Crippen molar-refractivity contribution in [3.63, 3.8) is 0 Å². The maximum absolute atomic E-state index is 3.41. The van der Waals surface area contributed by atoms with Gasteiger partial charge in [-0.05, 0) is 13.0 Å². The highest BCUT2D eigenvalue weighted by atomic mass is 35.5. The molecular formula is C8H19ClN2. The van der Waals surface area contributed by atoms with E-state index in [1.807, 2.05) is 0 Å². The van der Waals surface area contributed by atoms with Crippen molar-refractivity contribution in [1.29, 1.82) is 0 Å². The Labute approximate surface area is 75.8 Å². The molecule has 0 aromatic heterocycles. The van der Waals surface area contributed by atoms with Crippen molar-refractivity contribution in [2.24, 2.45) is 0 Å². The Balaban J connectivity index is 0.000001000. The van der Waals surface area contributed by atoms with Gasteiger partial charge in [-0.25, -0.2) is 0 Å². The summed E-state index contributed by atoms with van der Waals surface area (Å²) in [4.78, 5) is 2.55. The fourth-order valence-corrected chi connectivity index (χ4v) is 1.62. The molecule has 68 valence electrons. The van der Waals surface area contributed by atoms with Crippen LogP contribution in [0, 0.1) is 0 Å². The summed E-state index contributed by atoms with van der Waals surface area (Å²) >= 11 is 0. The van der Waals surface area contributed by atoms with Crippen molar-refractivity contribution < 1.29 is 0 Å². The Bertz CT molecular complexity index is 86.1. The molecule has 0 bridgehead atoms. The standard InChI is InChI=1S/C8H18N2.ClH/c1-3-8-7-9-5-6-10(8)4-2;/h8-9H,3-7H2,1-2H3;1H/t8-;/m1./s1. The van der Waals surface area contributed by atoms with Crippen molar-refractivity contribution >= 4 is 12.4 Å². The average molecular weight is 179 g/mol. The predicted molar refractivity (Wildman–Crippen MR) is 51.4 cm³/mol. The molecule has 11 heavy (non-hydrogen) atoms. The number of nitrogens with zero attached hydrogens (tertiary/aromatic N) is 1. The maximum atomic E-state index is 3.41. The topological polar surface area (TPSA) is 15.3 Å². The lowest BCUT2D eigenvalue weighted by Gasteiger charge is -2.34. The Morgan fingerprint density at radius 1 is 1.45 bits per heavy atom. The lowest BCUT2D eigenvalue weighted by molar-refractivity contribution is 0.165. The van der Waals surface area contributed by atoms with Crippen LogP contribution in [0.1, 0.15) is 20.3 Å². The van der Waals surface area contributed by atoms with Gasteiger partial charge in [0.1, 0.15) is 0 Å². The second kappa shape index (κ2) is 5.81. The van der Waals surface area contributed by atoms with E-state index in [2.05, 4.69) is 24.1 Å². The number of nitrogens with one attached hydrogen (secondary N) is 1. The Hall–Kier alpha value is 0.210. The molecule has 1 aliphatic rings. The largest absolute Gasteiger partial charge is 0.314 e. The first-order chi connectivity index (χ1) is 4.88. The second-order valence-corrected chi connectivity index (χ2v) is 2.89. The van der Waals surface area contributed by atoms with Gasteiger partial charge in [-0.2, -0.15) is 0 Å². The van der Waals surface area contributed by atoms with Gasteiger partial charge in [0.05, 0.1) is 0 Å². The summed E-state index contributed by atoms with van der Waals surface area (Å²) in [7, 11) is 0. The second-order valence-electron chi connectivity index (χ2n) is 2.89. The third kappa shape index (κ3) is 2.97. The number of likely N-dealkylation sites (N-methyl/N-ethyl adjacent to an activating group) is 1. The normalized spacial score (nSPS) is 26.2. The first-order valence-corrected chi connectivity index (χ1v) is 4.33. The molecule has 0 aliphatic carbocycles. The van der Waals surface area contributed by atoms with E-state index >= 15 is 0 Å². The fourth-order valence-electron chi connectivity index (χ4n) is 1.62. The SMILES string of the molecule is CC[C@@H]1CNCCN1CC.Cl. The van der Waals surface area contributed by atoms with Gasteiger partial charge in [0.25, 0.3) is 0 Å². The summed E-state index contributed by atoms with van der Waals surface area (Å²) in [6.45, 7) is 9.30. The van der Waals surface area contributed by atoms with E-state index in [9.17, 15) is 0 Å². The highest BCUT2D eigenvalue weighted by Gasteiger charge is 2.17. The molecule has 1 saturated heterocycles. The third-order valence-corrected chi connectivity index (χ3v) is 2.35. The minimum atomic E-state index is 0. The van der Waals surface area contributed by atoms with Crippen molar-refractivity contribution in [3.05, 3.63) is 0 Å². The van der Waals surface area contributed by atoms with Gasteiger partial charge >= 0.3 is 0 Å². The molecule has 0 aromatic rings. The summed E-state index contributed by atoms with van der Waals surface area (Å²) in [5.41, 5.74) is 0. The van der Waals surface area contributed by atoms with E-state index in [1.165, 1.54) is 32.6 Å². The molecule has 0 spiro atoms. The summed E-state index contributed by atoms with van der Waals surface area (Å²) in [6.07, 6.45) is 1.28. The van der Waals surface area contributed by atoms with Crippen LogP contribution < -0.4 is 5.32 Å². The fraction of sp³-hybridized carbons (Fsp3) is 1.00. The predicted octanol–water partition coefficient (Wildman–Crippen LogP) is 1.11. The highest BCUT2D eigenvalue weighted by Crippen LogP contribution is 2.05. The molecule has 3 heteroatoms. The van der Waals surface area contributed by atoms with Crippen LogP contribution in [0.15, 0.2) is 0 Å². The van der Waals surface area contributed by atoms with E-state index in [4.69, 9.17) is 0 Å². The quantitative estimate of drug-likeness (QED) is 0.682. The lowest BCUT2D eigenvalue weighted by Crippen LogP contribution is -2.50. The van der Waals surface area contributed by atoms with Crippen molar-refractivity contribution in [2.45, 2.75) is 26.3 Å². The Kier molecular flexibility index (Phi) is 5.92. The monoisotopic (exact) mass is 178 g/mol. The zero-order chi connectivity index (χ0) is 7.40. The van der Waals surface area contributed by atoms with Crippen LogP contribution in [0.3, 0.4) is 0 Å². The van der Waals surface area contributed by atoms with Crippen LogP contribution in [0.5, 0.6) is 0 Å². The van der Waals surface area contributed by atoms with Crippen LogP contribution in [0.2, 0.25) is 0 Å². The summed E-state index contributed by atoms with van der Waals surface area (Å²) in [5.74, 6) is 0. The summed E-state index contributed by atoms with van der Waals surface area (Å²) < 4.78 is 0. The van der Waals surface area contributed by atoms with Gasteiger partial charge < -0.3 is 5.32 Å². The summed E-state index contributed by atoms with van der Waals surface area (Å²) in [6, 6.07) is 0.791. The zero-order valence-electron chi connectivity index (χ0n) is 7.47. The molecule has 1 aliphatic heterocycles. The van der Waals surface area contributed by atoms with Gasteiger partial charge in [-0.3, -0.25) is 4.90 Å². The van der Waals surface area contributed by atoms with Gasteiger partial charge in [-0.1, -0.05) is 13.8 Å². The molecule has 1 fully saturated rings. The van der Waals surface area contributed by atoms with E-state index in [-0.39, 0.29) is 12.4 Å². The molecule has 1 rings (SSSR count). The van der Waals surface area contributed by atoms with Gasteiger partial charge in [0, 0.05) is 25.7 Å². The third-order valence-electron chi connectivity index (χ3n) is 2.35. The zero-order valence-corrected chi connectivity index (χ0v) is 8.28. The smallest absolute Gasteiger partial charge is 0.0218 e. The van der Waals surface area contributed by atoms with Crippen molar-refractivity contribution in [1.82, 2.24) is 10.2 Å². The molecular weight excluding hydrogens is 160 g/mol. The van der Waals surface area contributed by atoms with E-state index < -0.39 is 0 Å². The first-order valence-electron chi connectivity index (χ1n) is 4.33. The molecule has 1 N–H and O–H groups in total. The highest BCUT2D eigenvalue weighted by molar-refractivity contribution is 5.85. The summed E-state index contributed by atoms with van der Waals surface area (Å²) in [5, 5.41) is 3.41. The minimum Gasteiger partial charge on any atom is -0.314 e. The Morgan fingerprint density at radius 3 is 2.64 bits per heavy atom. The molecule has 0 unspecified atom stereocenters. The first kappa shape index (κ1) is 11.2. The lowest BCUT2D eigenvalue weighted by atomic mass is 10.1. The van der Waals surface area contributed by atoms with Crippen molar-refractivity contribution in [2.75, 3.05) is 26.2 Å². The number of hydrogen-bond acceptors (Lipinski definition) is 2. The number of halogens is 1. The van der Waals surface area contributed by atoms with E-state index in [0.29, 0.717) is 0 Å². The molecule has 0 saturated carbocycles.